The minimum atomic E-state index is -3.20. The Hall–Kier alpha value is -0.520. The van der Waals surface area contributed by atoms with Crippen LogP contribution < -0.4 is 5.32 Å². The van der Waals surface area contributed by atoms with Crippen LogP contribution in [0, 0.1) is 6.92 Å². The number of hydrogen-bond donors (Lipinski definition) is 1. The van der Waals surface area contributed by atoms with E-state index in [1.165, 1.54) is 0 Å². The molecular formula is C12H17NO2S2. The molecule has 1 aromatic carbocycles. The van der Waals surface area contributed by atoms with E-state index in [4.69, 9.17) is 0 Å². The van der Waals surface area contributed by atoms with Gasteiger partial charge in [-0.25, -0.2) is 8.42 Å². The van der Waals surface area contributed by atoms with Crippen LogP contribution in [-0.2, 0) is 8.87 Å². The summed E-state index contributed by atoms with van der Waals surface area (Å²) < 4.78 is 24.1. The highest BCUT2D eigenvalue weighted by Gasteiger charge is 2.42. The second kappa shape index (κ2) is 4.63. The van der Waals surface area contributed by atoms with E-state index in [9.17, 15) is 8.42 Å². The van der Waals surface area contributed by atoms with E-state index in [-0.39, 0.29) is 5.54 Å². The van der Waals surface area contributed by atoms with Gasteiger partial charge in [0.2, 0.25) is 8.87 Å². The molecule has 0 aromatic heterocycles. The predicted molar refractivity (Wildman–Crippen MR) is 71.8 cm³/mol. The van der Waals surface area contributed by atoms with Crippen LogP contribution in [0.1, 0.15) is 18.4 Å². The molecule has 17 heavy (non-hydrogen) atoms. The van der Waals surface area contributed by atoms with E-state index < -0.39 is 8.87 Å². The summed E-state index contributed by atoms with van der Waals surface area (Å²) in [7, 11) is -0.267. The molecule has 5 heteroatoms. The van der Waals surface area contributed by atoms with Gasteiger partial charge < -0.3 is 5.32 Å². The van der Waals surface area contributed by atoms with Crippen molar-refractivity contribution in [2.75, 3.05) is 12.8 Å². The summed E-state index contributed by atoms with van der Waals surface area (Å²) >= 11 is 0. The largest absolute Gasteiger partial charge is 0.313 e. The summed E-state index contributed by atoms with van der Waals surface area (Å²) in [4.78, 5) is 0.403. The van der Waals surface area contributed by atoms with Gasteiger partial charge in [0.05, 0.1) is 4.90 Å². The molecule has 0 unspecified atom stereocenters. The van der Waals surface area contributed by atoms with Crippen LogP contribution in [0.5, 0.6) is 0 Å². The number of nitrogens with one attached hydrogen (secondary N) is 1. The van der Waals surface area contributed by atoms with Gasteiger partial charge in [-0.1, -0.05) is 17.7 Å². The molecule has 1 saturated carbocycles. The molecule has 1 aliphatic carbocycles. The third kappa shape index (κ3) is 3.03. The van der Waals surface area contributed by atoms with Crippen molar-refractivity contribution in [3.05, 3.63) is 29.8 Å². The summed E-state index contributed by atoms with van der Waals surface area (Å²) in [6.07, 6.45) is 2.14. The van der Waals surface area contributed by atoms with Crippen LogP contribution in [0.2, 0.25) is 0 Å². The number of aryl methyl sites for hydroxylation is 1. The van der Waals surface area contributed by atoms with Crippen molar-refractivity contribution in [3.8, 4) is 0 Å². The number of benzene rings is 1. The average Bonchev–Trinajstić information content (AvgIpc) is 3.08. The molecule has 1 aliphatic rings. The molecule has 0 spiro atoms. The van der Waals surface area contributed by atoms with Crippen molar-refractivity contribution < 1.29 is 8.42 Å². The average molecular weight is 271 g/mol. The van der Waals surface area contributed by atoms with E-state index >= 15 is 0 Å². The van der Waals surface area contributed by atoms with E-state index in [0.29, 0.717) is 10.6 Å². The predicted octanol–water partition coefficient (Wildman–Crippen LogP) is 2.17. The topological polar surface area (TPSA) is 46.2 Å². The Kier molecular flexibility index (Phi) is 3.52. The van der Waals surface area contributed by atoms with Gasteiger partial charge in [-0.15, -0.1) is 0 Å². The fourth-order valence-corrected chi connectivity index (χ4v) is 4.88. The fraction of sp³-hybridized carbons (Fsp3) is 0.500. The van der Waals surface area contributed by atoms with Crippen molar-refractivity contribution in [3.63, 3.8) is 0 Å². The molecule has 2 rings (SSSR count). The zero-order valence-electron chi connectivity index (χ0n) is 10.1. The van der Waals surface area contributed by atoms with Gasteiger partial charge in [-0.2, -0.15) is 0 Å². The van der Waals surface area contributed by atoms with E-state index in [0.717, 1.165) is 29.2 Å². The van der Waals surface area contributed by atoms with Crippen molar-refractivity contribution in [2.45, 2.75) is 30.2 Å². The number of rotatable bonds is 5. The minimum Gasteiger partial charge on any atom is -0.313 e. The molecule has 0 amide bonds. The van der Waals surface area contributed by atoms with Gasteiger partial charge in [0, 0.05) is 11.3 Å². The van der Waals surface area contributed by atoms with Gasteiger partial charge >= 0.3 is 0 Å². The second-order valence-corrected chi connectivity index (χ2v) is 8.49. The van der Waals surface area contributed by atoms with Crippen LogP contribution in [0.15, 0.2) is 29.2 Å². The van der Waals surface area contributed by atoms with Gasteiger partial charge in [0.1, 0.15) is 0 Å². The highest BCUT2D eigenvalue weighted by atomic mass is 33.1. The Morgan fingerprint density at radius 2 is 1.88 bits per heavy atom. The summed E-state index contributed by atoms with van der Waals surface area (Å²) in [6, 6.07) is 7.02. The van der Waals surface area contributed by atoms with Crippen molar-refractivity contribution in [1.29, 1.82) is 0 Å². The maximum Gasteiger partial charge on any atom is 0.230 e. The second-order valence-electron chi connectivity index (χ2n) is 4.56. The van der Waals surface area contributed by atoms with Crippen LogP contribution in [0.4, 0.5) is 0 Å². The maximum absolute atomic E-state index is 12.1. The molecule has 0 atom stereocenters. The van der Waals surface area contributed by atoms with Crippen molar-refractivity contribution in [2.24, 2.45) is 0 Å². The lowest BCUT2D eigenvalue weighted by Gasteiger charge is -2.13. The zero-order chi connectivity index (χ0) is 12.5. The lowest BCUT2D eigenvalue weighted by Crippen LogP contribution is -2.30. The van der Waals surface area contributed by atoms with Gasteiger partial charge in [-0.05, 0) is 49.7 Å². The Bertz CT molecular complexity index is 490. The summed E-state index contributed by atoms with van der Waals surface area (Å²) in [5.74, 6) is 0.625. The third-order valence-electron chi connectivity index (χ3n) is 3.18. The molecule has 0 aliphatic heterocycles. The molecule has 0 bridgehead atoms. The zero-order valence-corrected chi connectivity index (χ0v) is 11.7. The van der Waals surface area contributed by atoms with E-state index in [1.54, 1.807) is 12.1 Å². The Labute approximate surface area is 106 Å². The van der Waals surface area contributed by atoms with Crippen LogP contribution in [0.25, 0.3) is 0 Å². The van der Waals surface area contributed by atoms with Crippen molar-refractivity contribution >= 4 is 19.7 Å². The minimum absolute atomic E-state index is 0.0580. The summed E-state index contributed by atoms with van der Waals surface area (Å²) in [5, 5.41) is 3.20. The quantitative estimate of drug-likeness (QED) is 0.834. The molecule has 3 nitrogen and oxygen atoms in total. The first-order chi connectivity index (χ1) is 7.97. The van der Waals surface area contributed by atoms with Gasteiger partial charge in [0.25, 0.3) is 0 Å². The Morgan fingerprint density at radius 1 is 1.29 bits per heavy atom. The number of hydrogen-bond acceptors (Lipinski definition) is 4. The first kappa shape index (κ1) is 12.9. The van der Waals surface area contributed by atoms with E-state index in [1.807, 2.05) is 26.1 Å². The van der Waals surface area contributed by atoms with E-state index in [2.05, 4.69) is 5.32 Å². The first-order valence-electron chi connectivity index (χ1n) is 5.62. The molecule has 0 saturated heterocycles. The molecular weight excluding hydrogens is 254 g/mol. The first-order valence-corrected chi connectivity index (χ1v) is 8.61. The van der Waals surface area contributed by atoms with Crippen LogP contribution >= 0.6 is 10.8 Å². The summed E-state index contributed by atoms with van der Waals surface area (Å²) in [6.45, 7) is 1.95. The highest BCUT2D eigenvalue weighted by molar-refractivity contribution is 8.72. The fourth-order valence-electron chi connectivity index (χ4n) is 1.58. The molecule has 1 fully saturated rings. The highest BCUT2D eigenvalue weighted by Crippen LogP contribution is 2.40. The summed E-state index contributed by atoms with van der Waals surface area (Å²) in [5.41, 5.74) is 1.13. The molecule has 0 radical (unpaired) electrons. The lowest BCUT2D eigenvalue weighted by molar-refractivity contribution is 0.605. The monoisotopic (exact) mass is 271 g/mol. The van der Waals surface area contributed by atoms with Crippen LogP contribution in [0.3, 0.4) is 0 Å². The molecule has 94 valence electrons. The lowest BCUT2D eigenvalue weighted by atomic mass is 10.2. The third-order valence-corrected chi connectivity index (χ3v) is 6.88. The SMILES string of the molecule is CNC1(CSS(=O)(=O)c2ccc(C)cc2)CC1. The Morgan fingerprint density at radius 3 is 2.35 bits per heavy atom. The maximum atomic E-state index is 12.1. The smallest absolute Gasteiger partial charge is 0.230 e. The van der Waals surface area contributed by atoms with Crippen molar-refractivity contribution in [1.82, 2.24) is 5.32 Å². The van der Waals surface area contributed by atoms with Gasteiger partial charge in [0.15, 0.2) is 0 Å². The van der Waals surface area contributed by atoms with Crippen LogP contribution in [-0.4, -0.2) is 26.8 Å². The Balaban J connectivity index is 2.06. The molecule has 1 N–H and O–H groups in total. The van der Waals surface area contributed by atoms with Gasteiger partial charge in [-0.3, -0.25) is 0 Å². The normalized spacial score (nSPS) is 18.0. The standard InChI is InChI=1S/C12H17NO2S2/c1-10-3-5-11(6-4-10)17(14,15)16-9-12(13-2)7-8-12/h3-6,13H,7-9H2,1-2H3. The molecule has 1 aromatic rings. The molecule has 0 heterocycles.